The predicted octanol–water partition coefficient (Wildman–Crippen LogP) is 1.10. The van der Waals surface area contributed by atoms with E-state index in [9.17, 15) is 9.59 Å². The second kappa shape index (κ2) is 7.46. The van der Waals surface area contributed by atoms with Crippen LogP contribution in [0, 0.1) is 5.92 Å². The van der Waals surface area contributed by atoms with Crippen molar-refractivity contribution in [1.82, 2.24) is 20.0 Å². The molecule has 0 aliphatic carbocycles. The summed E-state index contributed by atoms with van der Waals surface area (Å²) in [6, 6.07) is 1.75. The number of nitrogens with one attached hydrogen (secondary N) is 2. The fourth-order valence-electron chi connectivity index (χ4n) is 2.64. The Kier molecular flexibility index (Phi) is 5.34. The van der Waals surface area contributed by atoms with Gasteiger partial charge in [0.2, 0.25) is 5.91 Å². The highest BCUT2D eigenvalue weighted by Crippen LogP contribution is 2.14. The number of aromatic nitrogens is 2. The quantitative estimate of drug-likeness (QED) is 0.843. The summed E-state index contributed by atoms with van der Waals surface area (Å²) < 4.78 is 1.53. The van der Waals surface area contributed by atoms with Crippen LogP contribution in [-0.2, 0) is 10.5 Å². The van der Waals surface area contributed by atoms with Crippen molar-refractivity contribution in [3.05, 3.63) is 33.7 Å². The van der Waals surface area contributed by atoms with Crippen molar-refractivity contribution in [2.24, 2.45) is 5.92 Å². The number of carbonyl (C=O) groups excluding carboxylic acids is 1. The zero-order valence-electron chi connectivity index (χ0n) is 12.9. The number of hydrogen-bond donors (Lipinski definition) is 2. The third-order valence-electron chi connectivity index (χ3n) is 4.01. The first-order valence-corrected chi connectivity index (χ1v) is 9.70. The lowest BCUT2D eigenvalue weighted by Gasteiger charge is -2.30. The molecule has 23 heavy (non-hydrogen) atoms. The van der Waals surface area contributed by atoms with E-state index in [1.807, 2.05) is 5.38 Å². The molecule has 2 unspecified atom stereocenters. The standard InChI is InChI=1S/C15H20N4O2S2/c1-10-2-3-16-7-12(10)18-13(20)9-22-8-11-6-14(21)19-4-5-23-15(19)17-11/h4-6,10,12,16H,2-3,7-9H2,1H3,(H,18,20). The van der Waals surface area contributed by atoms with Gasteiger partial charge in [0, 0.05) is 36.0 Å². The number of rotatable bonds is 5. The molecule has 0 radical (unpaired) electrons. The molecule has 8 heteroatoms. The Balaban J connectivity index is 1.50. The Morgan fingerprint density at radius 1 is 1.61 bits per heavy atom. The molecular formula is C15H20N4O2S2. The molecule has 2 aromatic heterocycles. The monoisotopic (exact) mass is 352 g/mol. The second-order valence-corrected chi connectivity index (χ2v) is 7.64. The third-order valence-corrected chi connectivity index (χ3v) is 5.74. The van der Waals surface area contributed by atoms with E-state index in [0.29, 0.717) is 22.4 Å². The number of hydrogen-bond acceptors (Lipinski definition) is 6. The first kappa shape index (κ1) is 16.5. The van der Waals surface area contributed by atoms with Crippen LogP contribution >= 0.6 is 23.1 Å². The minimum absolute atomic E-state index is 0.0458. The molecule has 1 saturated heterocycles. The van der Waals surface area contributed by atoms with Crippen molar-refractivity contribution in [3.8, 4) is 0 Å². The largest absolute Gasteiger partial charge is 0.351 e. The van der Waals surface area contributed by atoms with Gasteiger partial charge in [-0.2, -0.15) is 0 Å². The maximum Gasteiger partial charge on any atom is 0.258 e. The van der Waals surface area contributed by atoms with Crippen molar-refractivity contribution >= 4 is 34.0 Å². The SMILES string of the molecule is CC1CCNCC1NC(=O)CSCc1cc(=O)n2ccsc2n1. The van der Waals surface area contributed by atoms with E-state index in [4.69, 9.17) is 0 Å². The Morgan fingerprint density at radius 3 is 3.30 bits per heavy atom. The van der Waals surface area contributed by atoms with E-state index in [1.54, 1.807) is 6.20 Å². The van der Waals surface area contributed by atoms with E-state index in [1.165, 1.54) is 33.6 Å². The van der Waals surface area contributed by atoms with Crippen LogP contribution in [0.3, 0.4) is 0 Å². The van der Waals surface area contributed by atoms with Crippen LogP contribution < -0.4 is 16.2 Å². The molecule has 6 nitrogen and oxygen atoms in total. The van der Waals surface area contributed by atoms with E-state index in [-0.39, 0.29) is 17.5 Å². The van der Waals surface area contributed by atoms with Gasteiger partial charge < -0.3 is 10.6 Å². The minimum Gasteiger partial charge on any atom is -0.351 e. The summed E-state index contributed by atoms with van der Waals surface area (Å²) in [4.78, 5) is 29.1. The number of piperidine rings is 1. The zero-order valence-corrected chi connectivity index (χ0v) is 14.6. The molecule has 3 rings (SSSR count). The first-order chi connectivity index (χ1) is 11.1. The van der Waals surface area contributed by atoms with Gasteiger partial charge in [0.15, 0.2) is 4.96 Å². The Morgan fingerprint density at radius 2 is 2.48 bits per heavy atom. The topological polar surface area (TPSA) is 75.5 Å². The van der Waals surface area contributed by atoms with Crippen LogP contribution in [0.1, 0.15) is 19.0 Å². The van der Waals surface area contributed by atoms with Crippen molar-refractivity contribution < 1.29 is 4.79 Å². The van der Waals surface area contributed by atoms with Crippen LogP contribution in [-0.4, -0.2) is 40.2 Å². The highest BCUT2D eigenvalue weighted by Gasteiger charge is 2.22. The summed E-state index contributed by atoms with van der Waals surface area (Å²) in [7, 11) is 0. The normalized spacial score (nSPS) is 21.4. The number of thioether (sulfide) groups is 1. The first-order valence-electron chi connectivity index (χ1n) is 7.67. The van der Waals surface area contributed by atoms with Crippen LogP contribution in [0.2, 0.25) is 0 Å². The molecule has 0 spiro atoms. The Bertz CT molecular complexity index is 742. The van der Waals surface area contributed by atoms with Gasteiger partial charge in [-0.25, -0.2) is 4.98 Å². The lowest BCUT2D eigenvalue weighted by molar-refractivity contribution is -0.119. The molecular weight excluding hydrogens is 332 g/mol. The summed E-state index contributed by atoms with van der Waals surface area (Å²) in [5.41, 5.74) is 0.654. The summed E-state index contributed by atoms with van der Waals surface area (Å²) in [6.07, 6.45) is 2.81. The number of thiazole rings is 1. The molecule has 1 fully saturated rings. The summed E-state index contributed by atoms with van der Waals surface area (Å²) in [5, 5.41) is 8.23. The molecule has 0 bridgehead atoms. The zero-order chi connectivity index (χ0) is 16.2. The van der Waals surface area contributed by atoms with Gasteiger partial charge in [0.05, 0.1) is 11.4 Å². The fraction of sp³-hybridized carbons (Fsp3) is 0.533. The number of fused-ring (bicyclic) bond motifs is 1. The van der Waals surface area contributed by atoms with Crippen LogP contribution in [0.5, 0.6) is 0 Å². The highest BCUT2D eigenvalue weighted by molar-refractivity contribution is 7.99. The average Bonchev–Trinajstić information content (AvgIpc) is 2.99. The lowest BCUT2D eigenvalue weighted by atomic mass is 9.95. The molecule has 1 amide bonds. The van der Waals surface area contributed by atoms with E-state index >= 15 is 0 Å². The van der Waals surface area contributed by atoms with Gasteiger partial charge in [-0.05, 0) is 18.9 Å². The predicted molar refractivity (Wildman–Crippen MR) is 94.1 cm³/mol. The number of nitrogens with zero attached hydrogens (tertiary/aromatic N) is 2. The number of amides is 1. The molecule has 1 aliphatic rings. The van der Waals surface area contributed by atoms with Crippen LogP contribution in [0.25, 0.3) is 4.96 Å². The van der Waals surface area contributed by atoms with Crippen molar-refractivity contribution in [2.45, 2.75) is 25.1 Å². The van der Waals surface area contributed by atoms with Crippen LogP contribution in [0.4, 0.5) is 0 Å². The summed E-state index contributed by atoms with van der Waals surface area (Å²) >= 11 is 2.92. The lowest BCUT2D eigenvalue weighted by Crippen LogP contribution is -2.50. The van der Waals surface area contributed by atoms with Gasteiger partial charge in [-0.15, -0.1) is 23.1 Å². The second-order valence-electron chi connectivity index (χ2n) is 5.78. The van der Waals surface area contributed by atoms with E-state index in [2.05, 4.69) is 22.5 Å². The maximum absolute atomic E-state index is 12.0. The average molecular weight is 352 g/mol. The Hall–Kier alpha value is -1.38. The van der Waals surface area contributed by atoms with Crippen LogP contribution in [0.15, 0.2) is 22.4 Å². The van der Waals surface area contributed by atoms with Gasteiger partial charge in [0.25, 0.3) is 5.56 Å². The van der Waals surface area contributed by atoms with Crippen molar-refractivity contribution in [1.29, 1.82) is 0 Å². The van der Waals surface area contributed by atoms with Gasteiger partial charge in [-0.3, -0.25) is 14.0 Å². The molecule has 2 aromatic rings. The molecule has 1 aliphatic heterocycles. The van der Waals surface area contributed by atoms with E-state index < -0.39 is 0 Å². The molecule has 3 heterocycles. The third kappa shape index (κ3) is 4.13. The number of carbonyl (C=O) groups is 1. The van der Waals surface area contributed by atoms with E-state index in [0.717, 1.165) is 25.2 Å². The van der Waals surface area contributed by atoms with Crippen molar-refractivity contribution in [2.75, 3.05) is 18.8 Å². The van der Waals surface area contributed by atoms with Gasteiger partial charge >= 0.3 is 0 Å². The summed E-state index contributed by atoms with van der Waals surface area (Å²) in [5.74, 6) is 1.50. The maximum atomic E-state index is 12.0. The van der Waals surface area contributed by atoms with Gasteiger partial charge in [-0.1, -0.05) is 6.92 Å². The smallest absolute Gasteiger partial charge is 0.258 e. The fourth-order valence-corrected chi connectivity index (χ4v) is 4.11. The Labute approximate surface area is 142 Å². The molecule has 2 atom stereocenters. The van der Waals surface area contributed by atoms with Gasteiger partial charge in [0.1, 0.15) is 0 Å². The highest BCUT2D eigenvalue weighted by atomic mass is 32.2. The molecule has 124 valence electrons. The minimum atomic E-state index is -0.0709. The van der Waals surface area contributed by atoms with Crippen molar-refractivity contribution in [3.63, 3.8) is 0 Å². The molecule has 2 N–H and O–H groups in total. The summed E-state index contributed by atoms with van der Waals surface area (Å²) in [6.45, 7) is 4.03. The molecule has 0 aromatic carbocycles. The molecule has 0 saturated carbocycles.